The molecular weight excluding hydrogens is 657 g/mol. The molecule has 5 rings (SSSR count). The van der Waals surface area contributed by atoms with Crippen LogP contribution in [-0.2, 0) is 19.3 Å². The van der Waals surface area contributed by atoms with Crippen LogP contribution in [0, 0.1) is 18.6 Å². The maximum Gasteiger partial charge on any atom is 0.418 e. The van der Waals surface area contributed by atoms with E-state index in [4.69, 9.17) is 21.1 Å². The lowest BCUT2D eigenvalue weighted by molar-refractivity contribution is -0.137. The van der Waals surface area contributed by atoms with Crippen molar-refractivity contribution in [3.05, 3.63) is 110 Å². The summed E-state index contributed by atoms with van der Waals surface area (Å²) < 4.78 is 115. The predicted octanol–water partition coefficient (Wildman–Crippen LogP) is 8.41. The van der Waals surface area contributed by atoms with Gasteiger partial charge in [-0.1, -0.05) is 24.3 Å². The van der Waals surface area contributed by atoms with Crippen molar-refractivity contribution in [2.24, 2.45) is 0 Å². The molecule has 0 aliphatic heterocycles. The molecule has 0 fully saturated rings. The number of methoxy groups -OCH3 is 2. The minimum absolute atomic E-state index is 0.0378. The van der Waals surface area contributed by atoms with E-state index in [1.165, 1.54) is 19.1 Å². The molecule has 2 heterocycles. The van der Waals surface area contributed by atoms with Crippen molar-refractivity contribution >= 4 is 28.3 Å². The fourth-order valence-corrected chi connectivity index (χ4v) is 5.37. The maximum absolute atomic E-state index is 16.2. The number of alkyl halides is 5. The monoisotopic (exact) mass is 680 g/mol. The summed E-state index contributed by atoms with van der Waals surface area (Å²) >= 11 is 5.71. The first kappa shape index (κ1) is 33.5. The van der Waals surface area contributed by atoms with E-state index in [2.05, 4.69) is 9.97 Å². The molecule has 0 saturated heterocycles. The molecule has 0 radical (unpaired) electrons. The molecule has 0 atom stereocenters. The normalized spacial score (nSPS) is 11.7. The van der Waals surface area contributed by atoms with Gasteiger partial charge >= 0.3 is 6.18 Å². The molecule has 0 bridgehead atoms. The molecule has 7 nitrogen and oxygen atoms in total. The van der Waals surface area contributed by atoms with E-state index >= 15 is 8.78 Å². The van der Waals surface area contributed by atoms with Crippen molar-refractivity contribution in [2.75, 3.05) is 19.1 Å². The van der Waals surface area contributed by atoms with Crippen LogP contribution in [0.4, 0.5) is 36.6 Å². The first-order valence-electron chi connectivity index (χ1n) is 13.7. The largest absolute Gasteiger partial charge is 0.497 e. The summed E-state index contributed by atoms with van der Waals surface area (Å²) in [5, 5.41) is -1.97. The summed E-state index contributed by atoms with van der Waals surface area (Å²) in [5.74, 6) is -2.86. The Labute approximate surface area is 267 Å². The van der Waals surface area contributed by atoms with Crippen molar-refractivity contribution in [1.82, 2.24) is 15.0 Å². The van der Waals surface area contributed by atoms with Gasteiger partial charge in [0.2, 0.25) is 5.28 Å². The Morgan fingerprint density at radius 1 is 0.894 bits per heavy atom. The molecule has 2 aromatic heterocycles. The third-order valence-corrected chi connectivity index (χ3v) is 7.55. The summed E-state index contributed by atoms with van der Waals surface area (Å²) in [7, 11) is 2.95. The van der Waals surface area contributed by atoms with Crippen LogP contribution in [0.3, 0.4) is 0 Å². The Bertz CT molecular complexity index is 1950. The van der Waals surface area contributed by atoms with E-state index in [9.17, 15) is 26.7 Å². The number of aryl methyl sites for hydroxylation is 1. The van der Waals surface area contributed by atoms with Crippen LogP contribution in [0.1, 0.15) is 34.2 Å². The number of anilines is 1. The number of halogens is 8. The van der Waals surface area contributed by atoms with Gasteiger partial charge in [0.05, 0.1) is 36.6 Å². The number of nitrogens with zero attached hydrogens (tertiary/aromatic N) is 3. The fraction of sp³-hybridized carbons (Fsp3) is 0.219. The second-order valence-electron chi connectivity index (χ2n) is 10.4. The number of aromatic amines is 1. The van der Waals surface area contributed by atoms with E-state index in [-0.39, 0.29) is 18.9 Å². The molecule has 246 valence electrons. The SMILES string of the molecule is COc1ccc(CN(Cc2ccc(OC)cc2)c2cc(C)c(C(F)(F)F)c(-c3c(C(F)F)c(F)c4c(=O)[nH]c(Cl)nc4c3F)n2)cc1. The Kier molecular flexibility index (Phi) is 9.34. The second-order valence-corrected chi connectivity index (χ2v) is 10.7. The van der Waals surface area contributed by atoms with Crippen LogP contribution in [0.2, 0.25) is 5.28 Å². The molecule has 0 aliphatic carbocycles. The quantitative estimate of drug-likeness (QED) is 0.124. The summed E-state index contributed by atoms with van der Waals surface area (Å²) in [6.07, 6.45) is -9.11. The zero-order chi connectivity index (χ0) is 34.2. The lowest BCUT2D eigenvalue weighted by atomic mass is 9.94. The third-order valence-electron chi connectivity index (χ3n) is 7.37. The first-order chi connectivity index (χ1) is 22.2. The average molecular weight is 681 g/mol. The first-order valence-corrected chi connectivity index (χ1v) is 14.1. The van der Waals surface area contributed by atoms with Gasteiger partial charge in [-0.2, -0.15) is 13.2 Å². The average Bonchev–Trinajstić information content (AvgIpc) is 3.01. The Morgan fingerprint density at radius 2 is 1.43 bits per heavy atom. The van der Waals surface area contributed by atoms with Crippen LogP contribution in [0.25, 0.3) is 22.2 Å². The molecular formula is C32H24ClF7N4O3. The molecule has 0 saturated carbocycles. The van der Waals surface area contributed by atoms with Gasteiger partial charge in [0.1, 0.15) is 34.0 Å². The van der Waals surface area contributed by atoms with Crippen molar-refractivity contribution in [1.29, 1.82) is 0 Å². The van der Waals surface area contributed by atoms with Gasteiger partial charge in [0.15, 0.2) is 5.82 Å². The number of benzene rings is 3. The summed E-state index contributed by atoms with van der Waals surface area (Å²) in [6.45, 7) is 1.12. The molecule has 0 spiro atoms. The van der Waals surface area contributed by atoms with Gasteiger partial charge in [0, 0.05) is 13.1 Å². The third kappa shape index (κ3) is 6.68. The van der Waals surface area contributed by atoms with Crippen molar-refractivity contribution in [2.45, 2.75) is 32.6 Å². The van der Waals surface area contributed by atoms with E-state index in [0.29, 0.717) is 22.6 Å². The molecule has 15 heteroatoms. The van der Waals surface area contributed by atoms with Gasteiger partial charge in [0.25, 0.3) is 12.0 Å². The smallest absolute Gasteiger partial charge is 0.418 e. The van der Waals surface area contributed by atoms with E-state index in [1.807, 2.05) is 4.98 Å². The van der Waals surface area contributed by atoms with E-state index in [0.717, 1.165) is 13.0 Å². The topological polar surface area (TPSA) is 80.3 Å². The second kappa shape index (κ2) is 13.1. The Morgan fingerprint density at radius 3 is 1.89 bits per heavy atom. The molecule has 1 N–H and O–H groups in total. The Balaban J connectivity index is 1.80. The van der Waals surface area contributed by atoms with E-state index < -0.39 is 73.9 Å². The molecule has 0 aliphatic rings. The number of H-pyrrole nitrogens is 1. The highest BCUT2D eigenvalue weighted by Crippen LogP contribution is 2.45. The molecule has 0 unspecified atom stereocenters. The maximum atomic E-state index is 16.2. The summed E-state index contributed by atoms with van der Waals surface area (Å²) in [5.41, 5.74) is -7.89. The lowest BCUT2D eigenvalue weighted by Gasteiger charge is -2.27. The fourth-order valence-electron chi connectivity index (χ4n) is 5.20. The van der Waals surface area contributed by atoms with Crippen molar-refractivity contribution < 1.29 is 40.2 Å². The van der Waals surface area contributed by atoms with Gasteiger partial charge < -0.3 is 14.4 Å². The van der Waals surface area contributed by atoms with Gasteiger partial charge in [-0.05, 0) is 65.5 Å². The number of rotatable bonds is 9. The van der Waals surface area contributed by atoms with Gasteiger partial charge in [-0.15, -0.1) is 0 Å². The number of pyridine rings is 1. The lowest BCUT2D eigenvalue weighted by Crippen LogP contribution is -2.25. The predicted molar refractivity (Wildman–Crippen MR) is 161 cm³/mol. The summed E-state index contributed by atoms with van der Waals surface area (Å²) in [6, 6.07) is 14.6. The number of aromatic nitrogens is 3. The van der Waals surface area contributed by atoms with E-state index in [1.54, 1.807) is 48.5 Å². The molecule has 47 heavy (non-hydrogen) atoms. The van der Waals surface area contributed by atoms with Crippen molar-refractivity contribution in [3.8, 4) is 22.8 Å². The molecule has 5 aromatic rings. The summed E-state index contributed by atoms with van der Waals surface area (Å²) in [4.78, 5) is 23.4. The highest BCUT2D eigenvalue weighted by molar-refractivity contribution is 6.28. The number of ether oxygens (including phenoxy) is 2. The standard InChI is InChI=1S/C32H24ClF7N4O3/c1-15-12-20(44(13-16-4-8-18(46-2)9-5-16)14-17-6-10-19(47-3)11-7-17)41-27(24(15)32(38,39)40)21-22(29(36)37)25(34)23-28(26(21)35)42-31(33)43-30(23)45/h4-12,29H,13-14H2,1-3H3,(H,42,43,45). The van der Waals surface area contributed by atoms with Crippen LogP contribution in [0.15, 0.2) is 59.4 Å². The zero-order valence-electron chi connectivity index (χ0n) is 24.8. The minimum atomic E-state index is -5.25. The van der Waals surface area contributed by atoms with Gasteiger partial charge in [-0.25, -0.2) is 27.5 Å². The highest BCUT2D eigenvalue weighted by Gasteiger charge is 2.41. The Hall–Kier alpha value is -4.85. The minimum Gasteiger partial charge on any atom is -0.497 e. The van der Waals surface area contributed by atoms with Gasteiger partial charge in [-0.3, -0.25) is 9.78 Å². The highest BCUT2D eigenvalue weighted by atomic mass is 35.5. The number of nitrogens with one attached hydrogen (secondary N) is 1. The zero-order valence-corrected chi connectivity index (χ0v) is 25.5. The molecule has 0 amide bonds. The number of hydrogen-bond donors (Lipinski definition) is 1. The van der Waals surface area contributed by atoms with Crippen LogP contribution < -0.4 is 19.9 Å². The van der Waals surface area contributed by atoms with Crippen LogP contribution in [-0.4, -0.2) is 29.2 Å². The number of hydrogen-bond acceptors (Lipinski definition) is 6. The molecule has 3 aromatic carbocycles. The van der Waals surface area contributed by atoms with Crippen molar-refractivity contribution in [3.63, 3.8) is 0 Å². The van der Waals surface area contributed by atoms with Crippen LogP contribution >= 0.6 is 11.6 Å². The number of fused-ring (bicyclic) bond motifs is 1. The van der Waals surface area contributed by atoms with Crippen LogP contribution in [0.5, 0.6) is 11.5 Å².